The van der Waals surface area contributed by atoms with Crippen LogP contribution < -0.4 is 10.1 Å². The Morgan fingerprint density at radius 2 is 2.16 bits per heavy atom. The molecule has 100 valence electrons. The highest BCUT2D eigenvalue weighted by atomic mass is 16.5. The molecule has 0 saturated heterocycles. The Hall–Kier alpha value is -2.09. The van der Waals surface area contributed by atoms with Gasteiger partial charge < -0.3 is 10.1 Å². The third-order valence-electron chi connectivity index (χ3n) is 3.23. The van der Waals surface area contributed by atoms with Gasteiger partial charge in [0.25, 0.3) is 0 Å². The van der Waals surface area contributed by atoms with Crippen molar-refractivity contribution >= 4 is 5.91 Å². The zero-order chi connectivity index (χ0) is 13.7. The first-order chi connectivity index (χ1) is 9.17. The first-order valence-electron chi connectivity index (χ1n) is 6.47. The van der Waals surface area contributed by atoms with Crippen LogP contribution in [-0.4, -0.2) is 23.0 Å². The highest BCUT2D eigenvalue weighted by molar-refractivity contribution is 5.73. The highest BCUT2D eigenvalue weighted by Crippen LogP contribution is 2.22. The summed E-state index contributed by atoms with van der Waals surface area (Å²) in [7, 11) is 0. The molecule has 0 aliphatic heterocycles. The Morgan fingerprint density at radius 3 is 2.68 bits per heavy atom. The van der Waals surface area contributed by atoms with Crippen LogP contribution in [0.5, 0.6) is 5.88 Å². The molecule has 1 heterocycles. The Kier molecular flexibility index (Phi) is 4.35. The second-order valence-corrected chi connectivity index (χ2v) is 4.79. The molecule has 1 aliphatic rings. The third kappa shape index (κ3) is 3.95. The van der Waals surface area contributed by atoms with E-state index in [4.69, 9.17) is 10.00 Å². The molecule has 0 spiro atoms. The van der Waals surface area contributed by atoms with Crippen molar-refractivity contribution in [2.45, 2.75) is 44.8 Å². The zero-order valence-electron chi connectivity index (χ0n) is 10.9. The number of nitrogens with one attached hydrogen (secondary N) is 1. The number of ether oxygens (including phenoxy) is 1. The molecule has 0 aromatic carbocycles. The largest absolute Gasteiger partial charge is 0.474 e. The molecule has 1 fully saturated rings. The normalized spacial score (nSPS) is 22.3. The van der Waals surface area contributed by atoms with Crippen LogP contribution in [0.15, 0.2) is 18.3 Å². The SMILES string of the molecule is CC(=O)NC1CCC(Oc2ccc(C#N)cn2)CC1. The van der Waals surface area contributed by atoms with Crippen molar-refractivity contribution in [3.63, 3.8) is 0 Å². The van der Waals surface area contributed by atoms with E-state index in [1.165, 1.54) is 6.20 Å². The molecular formula is C14H17N3O2. The van der Waals surface area contributed by atoms with Crippen LogP contribution in [0.4, 0.5) is 0 Å². The van der Waals surface area contributed by atoms with Crippen LogP contribution >= 0.6 is 0 Å². The molecule has 19 heavy (non-hydrogen) atoms. The van der Waals surface area contributed by atoms with Crippen LogP contribution in [-0.2, 0) is 4.79 Å². The second-order valence-electron chi connectivity index (χ2n) is 4.79. The number of nitriles is 1. The summed E-state index contributed by atoms with van der Waals surface area (Å²) in [5, 5.41) is 11.6. The van der Waals surface area contributed by atoms with Gasteiger partial charge in [0, 0.05) is 25.2 Å². The van der Waals surface area contributed by atoms with E-state index in [0.717, 1.165) is 25.7 Å². The minimum Gasteiger partial charge on any atom is -0.474 e. The lowest BCUT2D eigenvalue weighted by molar-refractivity contribution is -0.120. The smallest absolute Gasteiger partial charge is 0.217 e. The Bertz CT molecular complexity index is 470. The van der Waals surface area contributed by atoms with E-state index >= 15 is 0 Å². The van der Waals surface area contributed by atoms with E-state index in [-0.39, 0.29) is 18.1 Å². The van der Waals surface area contributed by atoms with Crippen molar-refractivity contribution in [1.82, 2.24) is 10.3 Å². The summed E-state index contributed by atoms with van der Waals surface area (Å²) in [5.74, 6) is 0.583. The lowest BCUT2D eigenvalue weighted by atomic mass is 9.93. The quantitative estimate of drug-likeness (QED) is 0.897. The first kappa shape index (κ1) is 13.3. The molecule has 1 amide bonds. The van der Waals surface area contributed by atoms with Crippen LogP contribution in [0.3, 0.4) is 0 Å². The summed E-state index contributed by atoms with van der Waals surface area (Å²) in [4.78, 5) is 15.1. The number of carbonyl (C=O) groups is 1. The fraction of sp³-hybridized carbons (Fsp3) is 0.500. The van der Waals surface area contributed by atoms with Gasteiger partial charge in [-0.25, -0.2) is 4.98 Å². The lowest BCUT2D eigenvalue weighted by Gasteiger charge is -2.28. The van der Waals surface area contributed by atoms with Gasteiger partial charge in [0.05, 0.1) is 5.56 Å². The number of hydrogen-bond donors (Lipinski definition) is 1. The van der Waals surface area contributed by atoms with Crippen molar-refractivity contribution in [1.29, 1.82) is 5.26 Å². The van der Waals surface area contributed by atoms with Gasteiger partial charge in [-0.1, -0.05) is 0 Å². The predicted molar refractivity (Wildman–Crippen MR) is 69.4 cm³/mol. The minimum atomic E-state index is 0.0260. The summed E-state index contributed by atoms with van der Waals surface area (Å²) >= 11 is 0. The Morgan fingerprint density at radius 1 is 1.42 bits per heavy atom. The second kappa shape index (κ2) is 6.19. The number of nitrogens with zero attached hydrogens (tertiary/aromatic N) is 2. The van der Waals surface area contributed by atoms with Gasteiger partial charge in [0.2, 0.25) is 11.8 Å². The van der Waals surface area contributed by atoms with Gasteiger partial charge in [-0.2, -0.15) is 5.26 Å². The van der Waals surface area contributed by atoms with Crippen molar-refractivity contribution in [2.75, 3.05) is 0 Å². The Labute approximate surface area is 112 Å². The maximum absolute atomic E-state index is 11.0. The molecular weight excluding hydrogens is 242 g/mol. The fourth-order valence-electron chi connectivity index (χ4n) is 2.30. The average molecular weight is 259 g/mol. The summed E-state index contributed by atoms with van der Waals surface area (Å²) in [6.45, 7) is 1.54. The molecule has 0 unspecified atom stereocenters. The monoisotopic (exact) mass is 259 g/mol. The molecule has 0 atom stereocenters. The Balaban J connectivity index is 1.82. The maximum atomic E-state index is 11.0. The molecule has 5 heteroatoms. The molecule has 1 aromatic heterocycles. The van der Waals surface area contributed by atoms with E-state index in [2.05, 4.69) is 10.3 Å². The lowest BCUT2D eigenvalue weighted by Crippen LogP contribution is -2.38. The van der Waals surface area contributed by atoms with Gasteiger partial charge in [0.15, 0.2) is 0 Å². The van der Waals surface area contributed by atoms with Gasteiger partial charge in [-0.3, -0.25) is 4.79 Å². The van der Waals surface area contributed by atoms with Crippen molar-refractivity contribution < 1.29 is 9.53 Å². The molecule has 1 aliphatic carbocycles. The zero-order valence-corrected chi connectivity index (χ0v) is 10.9. The molecule has 5 nitrogen and oxygen atoms in total. The van der Waals surface area contributed by atoms with Gasteiger partial charge in [-0.05, 0) is 31.7 Å². The van der Waals surface area contributed by atoms with Crippen LogP contribution in [0, 0.1) is 11.3 Å². The molecule has 1 aromatic rings. The molecule has 0 bridgehead atoms. The standard InChI is InChI=1S/C14H17N3O2/c1-10(18)17-12-3-5-13(6-4-12)19-14-7-2-11(8-15)9-16-14/h2,7,9,12-13H,3-6H2,1H3,(H,17,18). The van der Waals surface area contributed by atoms with Gasteiger partial charge in [-0.15, -0.1) is 0 Å². The molecule has 0 radical (unpaired) electrons. The number of carbonyl (C=O) groups excluding carboxylic acids is 1. The van der Waals surface area contributed by atoms with E-state index in [1.54, 1.807) is 19.1 Å². The summed E-state index contributed by atoms with van der Waals surface area (Å²) < 4.78 is 5.77. The number of pyridine rings is 1. The maximum Gasteiger partial charge on any atom is 0.217 e. The number of amides is 1. The van der Waals surface area contributed by atoms with E-state index in [9.17, 15) is 4.79 Å². The van der Waals surface area contributed by atoms with Crippen molar-refractivity contribution in [3.05, 3.63) is 23.9 Å². The highest BCUT2D eigenvalue weighted by Gasteiger charge is 2.23. The third-order valence-corrected chi connectivity index (χ3v) is 3.23. The minimum absolute atomic E-state index is 0.0260. The first-order valence-corrected chi connectivity index (χ1v) is 6.47. The molecule has 1 N–H and O–H groups in total. The van der Waals surface area contributed by atoms with Gasteiger partial charge >= 0.3 is 0 Å². The molecule has 1 saturated carbocycles. The number of hydrogen-bond acceptors (Lipinski definition) is 4. The van der Waals surface area contributed by atoms with Crippen LogP contribution in [0.25, 0.3) is 0 Å². The van der Waals surface area contributed by atoms with Crippen molar-refractivity contribution in [2.24, 2.45) is 0 Å². The van der Waals surface area contributed by atoms with E-state index in [0.29, 0.717) is 11.4 Å². The molecule has 2 rings (SSSR count). The summed E-state index contributed by atoms with van der Waals surface area (Å²) in [6.07, 6.45) is 5.34. The van der Waals surface area contributed by atoms with Crippen LogP contribution in [0.2, 0.25) is 0 Å². The van der Waals surface area contributed by atoms with Gasteiger partial charge in [0.1, 0.15) is 12.2 Å². The summed E-state index contributed by atoms with van der Waals surface area (Å²) in [6, 6.07) is 5.71. The van der Waals surface area contributed by atoms with Crippen molar-refractivity contribution in [3.8, 4) is 11.9 Å². The number of aromatic nitrogens is 1. The topological polar surface area (TPSA) is 75.0 Å². The van der Waals surface area contributed by atoms with Crippen LogP contribution in [0.1, 0.15) is 38.2 Å². The van der Waals surface area contributed by atoms with E-state index in [1.807, 2.05) is 6.07 Å². The number of rotatable bonds is 3. The predicted octanol–water partition coefficient (Wildman–Crippen LogP) is 1.78. The van der Waals surface area contributed by atoms with E-state index < -0.39 is 0 Å². The summed E-state index contributed by atoms with van der Waals surface area (Å²) in [5.41, 5.74) is 0.529. The fourth-order valence-corrected chi connectivity index (χ4v) is 2.30. The average Bonchev–Trinajstić information content (AvgIpc) is 2.41.